The van der Waals surface area contributed by atoms with E-state index in [0.29, 0.717) is 5.25 Å². The summed E-state index contributed by atoms with van der Waals surface area (Å²) in [6, 6.07) is 0.779. The highest BCUT2D eigenvalue weighted by Crippen LogP contribution is 2.22. The van der Waals surface area contributed by atoms with Crippen LogP contribution >= 0.6 is 35.2 Å². The summed E-state index contributed by atoms with van der Waals surface area (Å²) < 4.78 is 17.3. The first kappa shape index (κ1) is 16.2. The Hall–Kier alpha value is 1.18. The maximum Gasteiger partial charge on any atom is 0.501 e. The average molecular weight is 364 g/mol. The lowest BCUT2D eigenvalue weighted by atomic mass is 10.2. The van der Waals surface area contributed by atoms with Crippen LogP contribution in [0.3, 0.4) is 0 Å². The fourth-order valence-corrected chi connectivity index (χ4v) is 4.54. The smallest absolute Gasteiger partial charge is 0.377 e. The fraction of sp³-hybridized carbons (Fsp3) is 1.00. The van der Waals surface area contributed by atoms with Gasteiger partial charge in [-0.3, -0.25) is 0 Å². The van der Waals surface area contributed by atoms with Gasteiger partial charge in [-0.1, -0.05) is 29.0 Å². The summed E-state index contributed by atoms with van der Waals surface area (Å²) in [6.07, 6.45) is 3.55. The van der Waals surface area contributed by atoms with Crippen LogP contribution in [-0.4, -0.2) is 39.8 Å². The first-order chi connectivity index (χ1) is 7.14. The van der Waals surface area contributed by atoms with Gasteiger partial charge in [-0.15, -0.1) is 0 Å². The molecule has 0 aromatic rings. The van der Waals surface area contributed by atoms with Gasteiger partial charge in [0.1, 0.15) is 0 Å². The Morgan fingerprint density at radius 1 is 1.13 bits per heavy atom. The lowest BCUT2D eigenvalue weighted by molar-refractivity contribution is 0.123. The monoisotopic (exact) mass is 364 g/mol. The highest BCUT2D eigenvalue weighted by atomic mass is 127. The molecule has 0 aliphatic rings. The summed E-state index contributed by atoms with van der Waals surface area (Å²) in [7, 11) is 2.51. The van der Waals surface area contributed by atoms with Gasteiger partial charge in [0.05, 0.1) is 0 Å². The van der Waals surface area contributed by atoms with Crippen LogP contribution in [0.4, 0.5) is 0 Å². The summed E-state index contributed by atoms with van der Waals surface area (Å²) >= 11 is 6.94. The maximum atomic E-state index is 5.36. The molecule has 0 bridgehead atoms. The molecule has 0 N–H and O–H groups in total. The molecule has 1 atom stereocenters. The second-order valence-corrected chi connectivity index (χ2v) is 8.15. The Balaban J connectivity index is 3.94. The third kappa shape index (κ3) is 6.47. The molecule has 0 saturated carbocycles. The van der Waals surface area contributed by atoms with Gasteiger partial charge in [-0.05, 0) is 17.3 Å². The van der Waals surface area contributed by atoms with Gasteiger partial charge in [-0.2, -0.15) is 12.6 Å². The van der Waals surface area contributed by atoms with Crippen LogP contribution in [0.25, 0.3) is 0 Å². The maximum absolute atomic E-state index is 5.36. The molecule has 92 valence electrons. The van der Waals surface area contributed by atoms with E-state index >= 15 is 0 Å². The van der Waals surface area contributed by atoms with Crippen LogP contribution in [-0.2, 0) is 13.3 Å². The predicted octanol–water partition coefficient (Wildman–Crippen LogP) is 2.77. The quantitative estimate of drug-likeness (QED) is 0.224. The van der Waals surface area contributed by atoms with Gasteiger partial charge in [-0.25, -0.2) is 0 Å². The molecule has 0 spiro atoms. The molecule has 0 saturated heterocycles. The number of hydrogen-bond donors (Lipinski definition) is 1. The molecule has 0 aliphatic carbocycles. The normalized spacial score (nSPS) is 14.2. The highest BCUT2D eigenvalue weighted by Gasteiger charge is 2.39. The van der Waals surface area contributed by atoms with E-state index in [1.165, 1.54) is 17.3 Å². The lowest BCUT2D eigenvalue weighted by Crippen LogP contribution is -2.44. The van der Waals surface area contributed by atoms with Gasteiger partial charge in [0.25, 0.3) is 0 Å². The van der Waals surface area contributed by atoms with E-state index in [0.717, 1.165) is 12.5 Å². The van der Waals surface area contributed by atoms with Gasteiger partial charge in [0, 0.05) is 32.6 Å². The van der Waals surface area contributed by atoms with Crippen LogP contribution < -0.4 is 0 Å². The largest absolute Gasteiger partial charge is 0.501 e. The SMILES string of the molecule is CO[Si](CC(S)CCCCI)(OC)OC. The Morgan fingerprint density at radius 2 is 1.67 bits per heavy atom. The molecule has 0 amide bonds. The second kappa shape index (κ2) is 9.23. The van der Waals surface area contributed by atoms with Crippen molar-refractivity contribution in [3.05, 3.63) is 0 Å². The van der Waals surface area contributed by atoms with E-state index in [1.54, 1.807) is 21.3 Å². The van der Waals surface area contributed by atoms with Crippen LogP contribution in [0.15, 0.2) is 0 Å². The molecular weight excluding hydrogens is 343 g/mol. The predicted molar refractivity (Wildman–Crippen MR) is 77.1 cm³/mol. The van der Waals surface area contributed by atoms with E-state index in [-0.39, 0.29) is 0 Å². The summed E-state index contributed by atoms with van der Waals surface area (Å²) in [5.41, 5.74) is 0. The number of thiol groups is 1. The van der Waals surface area contributed by atoms with Crippen LogP contribution in [0.1, 0.15) is 19.3 Å². The number of halogens is 1. The van der Waals surface area contributed by atoms with E-state index in [1.807, 2.05) is 0 Å². The first-order valence-electron chi connectivity index (χ1n) is 5.03. The number of hydrogen-bond acceptors (Lipinski definition) is 4. The number of rotatable bonds is 9. The van der Waals surface area contributed by atoms with Crippen LogP contribution in [0.5, 0.6) is 0 Å². The number of unbranched alkanes of at least 4 members (excludes halogenated alkanes) is 1. The number of alkyl halides is 1. The van der Waals surface area contributed by atoms with Crippen molar-refractivity contribution in [2.24, 2.45) is 0 Å². The molecule has 0 heterocycles. The molecule has 0 radical (unpaired) electrons. The van der Waals surface area contributed by atoms with Crippen molar-refractivity contribution in [2.45, 2.75) is 30.6 Å². The van der Waals surface area contributed by atoms with Crippen molar-refractivity contribution in [2.75, 3.05) is 25.8 Å². The van der Waals surface area contributed by atoms with Gasteiger partial charge in [0.2, 0.25) is 0 Å². The van der Waals surface area contributed by atoms with Crippen molar-refractivity contribution >= 4 is 44.0 Å². The second-order valence-electron chi connectivity index (χ2n) is 3.34. The average Bonchev–Trinajstić information content (AvgIpc) is 2.26. The summed E-state index contributed by atoms with van der Waals surface area (Å²) in [4.78, 5) is 0. The van der Waals surface area contributed by atoms with Gasteiger partial charge in [0.15, 0.2) is 0 Å². The molecule has 3 nitrogen and oxygen atoms in total. The standard InChI is InChI=1S/C9H21IO3SSi/c1-11-15(12-2,13-3)8-9(14)6-4-5-7-10/h9,14H,4-8H2,1-3H3. The molecule has 0 aromatic heterocycles. The van der Waals surface area contributed by atoms with E-state index in [2.05, 4.69) is 35.2 Å². The third-order valence-electron chi connectivity index (χ3n) is 2.34. The molecule has 0 aliphatic heterocycles. The van der Waals surface area contributed by atoms with Crippen molar-refractivity contribution in [3.8, 4) is 0 Å². The fourth-order valence-electron chi connectivity index (χ4n) is 1.37. The van der Waals surface area contributed by atoms with E-state index < -0.39 is 8.80 Å². The molecule has 6 heteroatoms. The minimum absolute atomic E-state index is 0.305. The summed E-state index contributed by atoms with van der Waals surface area (Å²) in [6.45, 7) is 0. The Bertz CT molecular complexity index is 150. The molecule has 1 unspecified atom stereocenters. The zero-order chi connectivity index (χ0) is 11.7. The molecule has 0 fully saturated rings. The molecule has 0 aromatic carbocycles. The zero-order valence-electron chi connectivity index (χ0n) is 9.66. The lowest BCUT2D eigenvalue weighted by Gasteiger charge is -2.26. The highest BCUT2D eigenvalue weighted by molar-refractivity contribution is 14.1. The summed E-state index contributed by atoms with van der Waals surface area (Å²) in [5, 5.41) is 0.305. The van der Waals surface area contributed by atoms with E-state index in [4.69, 9.17) is 13.3 Å². The summed E-state index contributed by atoms with van der Waals surface area (Å²) in [5.74, 6) is 0. The Labute approximate surface area is 113 Å². The van der Waals surface area contributed by atoms with Gasteiger partial charge < -0.3 is 13.3 Å². The first-order valence-corrected chi connectivity index (χ1v) is 9.01. The van der Waals surface area contributed by atoms with Crippen molar-refractivity contribution in [3.63, 3.8) is 0 Å². The third-order valence-corrected chi connectivity index (χ3v) is 6.75. The van der Waals surface area contributed by atoms with Crippen LogP contribution in [0.2, 0.25) is 6.04 Å². The Kier molecular flexibility index (Phi) is 9.96. The Morgan fingerprint density at radius 3 is 2.07 bits per heavy atom. The molecular formula is C9H21IO3SSi. The van der Waals surface area contributed by atoms with Gasteiger partial charge >= 0.3 is 8.80 Å². The van der Waals surface area contributed by atoms with Crippen molar-refractivity contribution < 1.29 is 13.3 Å². The van der Waals surface area contributed by atoms with Crippen LogP contribution in [0, 0.1) is 0 Å². The molecule has 15 heavy (non-hydrogen) atoms. The minimum atomic E-state index is -2.42. The zero-order valence-corrected chi connectivity index (χ0v) is 13.7. The topological polar surface area (TPSA) is 27.7 Å². The minimum Gasteiger partial charge on any atom is -0.377 e. The molecule has 0 rings (SSSR count). The van der Waals surface area contributed by atoms with Crippen molar-refractivity contribution in [1.29, 1.82) is 0 Å². The van der Waals surface area contributed by atoms with E-state index in [9.17, 15) is 0 Å². The van der Waals surface area contributed by atoms with Crippen molar-refractivity contribution in [1.82, 2.24) is 0 Å².